The van der Waals surface area contributed by atoms with E-state index in [0.29, 0.717) is 35.9 Å². The summed E-state index contributed by atoms with van der Waals surface area (Å²) in [6, 6.07) is 14.7. The average Bonchev–Trinajstić information content (AvgIpc) is 3.79. The zero-order chi connectivity index (χ0) is 33.2. The molecule has 2 aromatic heterocycles. The number of benzene rings is 2. The standard InChI is InChI=1S/C36H42N6O5/c1-8-35(9-2,45-7)33(44)37-25-18-21-14-15-27-23(17-21)36(22-12-10-11-13-24(22)38-34(36)46-27)30-29(26-16-20(5)41-42(26)6)40-32(47-30)28(19(3)4)39-31(25)43/h10-17,19,25,28,34,38H,8-9,18H2,1-7H3,(H,37,44)(H,39,43)/t25?,28-,34?,36?/m0/s1. The van der Waals surface area contributed by atoms with Gasteiger partial charge in [-0.05, 0) is 55.0 Å². The number of methoxy groups -OCH3 is 1. The third-order valence-corrected chi connectivity index (χ3v) is 10.2. The fourth-order valence-electron chi connectivity index (χ4n) is 7.55. The lowest BCUT2D eigenvalue weighted by Crippen LogP contribution is -2.56. The molecule has 3 N–H and O–H groups in total. The number of aryl methyl sites for hydroxylation is 2. The molecule has 0 saturated heterocycles. The minimum atomic E-state index is -1.04. The van der Waals surface area contributed by atoms with Crippen LogP contribution in [-0.2, 0) is 33.2 Å². The first-order valence-electron chi connectivity index (χ1n) is 16.4. The van der Waals surface area contributed by atoms with Gasteiger partial charge < -0.3 is 29.8 Å². The smallest absolute Gasteiger partial charge is 0.252 e. The van der Waals surface area contributed by atoms with E-state index in [-0.39, 0.29) is 24.2 Å². The number of para-hydroxylation sites is 1. The van der Waals surface area contributed by atoms with Crippen LogP contribution in [0.2, 0.25) is 0 Å². The molecule has 4 bridgehead atoms. The molecule has 0 aliphatic carbocycles. The van der Waals surface area contributed by atoms with Gasteiger partial charge in [0.2, 0.25) is 11.8 Å². The van der Waals surface area contributed by atoms with Crippen LogP contribution >= 0.6 is 0 Å². The van der Waals surface area contributed by atoms with Gasteiger partial charge in [0.1, 0.15) is 34.5 Å². The number of amides is 2. The molecule has 0 radical (unpaired) electrons. The van der Waals surface area contributed by atoms with Crippen molar-refractivity contribution in [3.63, 3.8) is 0 Å². The SMILES string of the molecule is CCC(CC)(OC)C(=O)NC1Cc2ccc3c(c2)C2(c4ccccc4NC2O3)c2oc(nc2-c2cc(C)nn2C)[C@H](C(C)C)NC1=O. The molecule has 0 saturated carbocycles. The van der Waals surface area contributed by atoms with Crippen LogP contribution in [0.15, 0.2) is 52.9 Å². The molecule has 2 aromatic carbocycles. The zero-order valence-electron chi connectivity index (χ0n) is 27.9. The van der Waals surface area contributed by atoms with Crippen molar-refractivity contribution in [2.45, 2.75) is 83.2 Å². The molecule has 0 fully saturated rings. The first-order chi connectivity index (χ1) is 22.6. The summed E-state index contributed by atoms with van der Waals surface area (Å²) in [5, 5.41) is 14.5. The van der Waals surface area contributed by atoms with Crippen molar-refractivity contribution in [2.75, 3.05) is 12.4 Å². The summed E-state index contributed by atoms with van der Waals surface area (Å²) in [5.41, 5.74) is 4.04. The Morgan fingerprint density at radius 3 is 2.60 bits per heavy atom. The molecule has 3 aliphatic rings. The number of rotatable bonds is 7. The van der Waals surface area contributed by atoms with Gasteiger partial charge >= 0.3 is 0 Å². The maximum atomic E-state index is 14.2. The van der Waals surface area contributed by atoms with Gasteiger partial charge in [0, 0.05) is 31.8 Å². The Kier molecular flexibility index (Phi) is 7.42. The van der Waals surface area contributed by atoms with Gasteiger partial charge in [-0.25, -0.2) is 4.98 Å². The van der Waals surface area contributed by atoms with Gasteiger partial charge in [-0.1, -0.05) is 58.0 Å². The van der Waals surface area contributed by atoms with Gasteiger partial charge in [-0.15, -0.1) is 0 Å². The average molecular weight is 639 g/mol. The number of hydrogen-bond donors (Lipinski definition) is 3. The molecule has 7 rings (SSSR count). The maximum Gasteiger partial charge on any atom is 0.252 e. The van der Waals surface area contributed by atoms with E-state index < -0.39 is 29.3 Å². The van der Waals surface area contributed by atoms with E-state index in [2.05, 4.69) is 33.2 Å². The number of fused-ring (bicyclic) bond motifs is 4. The van der Waals surface area contributed by atoms with E-state index in [1.54, 1.807) is 0 Å². The predicted octanol–water partition coefficient (Wildman–Crippen LogP) is 4.92. The second-order valence-corrected chi connectivity index (χ2v) is 13.2. The quantitative estimate of drug-likeness (QED) is 0.260. The Morgan fingerprint density at radius 2 is 1.91 bits per heavy atom. The van der Waals surface area contributed by atoms with Crippen molar-refractivity contribution in [1.82, 2.24) is 25.4 Å². The van der Waals surface area contributed by atoms with Crippen molar-refractivity contribution in [3.05, 3.63) is 82.6 Å². The molecule has 2 amide bonds. The van der Waals surface area contributed by atoms with Crippen molar-refractivity contribution in [1.29, 1.82) is 0 Å². The van der Waals surface area contributed by atoms with Gasteiger partial charge in [-0.2, -0.15) is 5.10 Å². The number of anilines is 1. The Morgan fingerprint density at radius 1 is 1.15 bits per heavy atom. The number of oxazole rings is 1. The van der Waals surface area contributed by atoms with Gasteiger partial charge in [-0.3, -0.25) is 14.3 Å². The predicted molar refractivity (Wildman–Crippen MR) is 176 cm³/mol. The molecular weight excluding hydrogens is 596 g/mol. The van der Waals surface area contributed by atoms with E-state index in [9.17, 15) is 9.59 Å². The number of nitrogens with one attached hydrogen (secondary N) is 3. The molecule has 47 heavy (non-hydrogen) atoms. The number of ether oxygens (including phenoxy) is 2. The molecule has 3 unspecified atom stereocenters. The molecule has 11 heteroatoms. The van der Waals surface area contributed by atoms with E-state index >= 15 is 0 Å². The summed E-state index contributed by atoms with van der Waals surface area (Å²) >= 11 is 0. The molecule has 4 atom stereocenters. The van der Waals surface area contributed by atoms with Crippen LogP contribution in [0.25, 0.3) is 11.4 Å². The largest absolute Gasteiger partial charge is 0.469 e. The van der Waals surface area contributed by atoms with Gasteiger partial charge in [0.05, 0.1) is 11.4 Å². The summed E-state index contributed by atoms with van der Waals surface area (Å²) < 4.78 is 21.2. The second kappa shape index (κ2) is 11.3. The number of hydrogen-bond acceptors (Lipinski definition) is 8. The number of nitrogens with zero attached hydrogens (tertiary/aromatic N) is 3. The van der Waals surface area contributed by atoms with Crippen LogP contribution < -0.4 is 20.7 Å². The van der Waals surface area contributed by atoms with Crippen molar-refractivity contribution in [2.24, 2.45) is 13.0 Å². The third-order valence-electron chi connectivity index (χ3n) is 10.2. The summed E-state index contributed by atoms with van der Waals surface area (Å²) in [4.78, 5) is 33.1. The van der Waals surface area contributed by atoms with Gasteiger partial charge in [0.15, 0.2) is 12.0 Å². The third kappa shape index (κ3) is 4.57. The molecular formula is C36H42N6O5. The Balaban J connectivity index is 1.48. The first kappa shape index (κ1) is 31.0. The first-order valence-corrected chi connectivity index (χ1v) is 16.4. The normalized spacial score (nSPS) is 22.8. The summed E-state index contributed by atoms with van der Waals surface area (Å²) in [5.74, 6) is 0.966. The van der Waals surface area contributed by atoms with Crippen LogP contribution in [0.3, 0.4) is 0 Å². The molecule has 1 spiro atoms. The summed E-state index contributed by atoms with van der Waals surface area (Å²) in [7, 11) is 3.43. The Labute approximate surface area is 274 Å². The monoisotopic (exact) mass is 638 g/mol. The highest BCUT2D eigenvalue weighted by molar-refractivity contribution is 5.92. The lowest BCUT2D eigenvalue weighted by atomic mass is 9.72. The zero-order valence-corrected chi connectivity index (χ0v) is 27.9. The van der Waals surface area contributed by atoms with Crippen molar-refractivity contribution < 1.29 is 23.5 Å². The molecule has 3 aliphatic heterocycles. The number of carbonyl (C=O) groups excluding carboxylic acids is 2. The van der Waals surface area contributed by atoms with Crippen LogP contribution in [0.5, 0.6) is 5.75 Å². The van der Waals surface area contributed by atoms with Crippen LogP contribution in [0.1, 0.15) is 80.6 Å². The second-order valence-electron chi connectivity index (χ2n) is 13.2. The highest BCUT2D eigenvalue weighted by atomic mass is 16.5. The fourth-order valence-corrected chi connectivity index (χ4v) is 7.55. The van der Waals surface area contributed by atoms with E-state index in [1.165, 1.54) is 7.11 Å². The molecule has 11 nitrogen and oxygen atoms in total. The fraction of sp³-hybridized carbons (Fsp3) is 0.444. The van der Waals surface area contributed by atoms with E-state index in [1.807, 2.05) is 82.7 Å². The highest BCUT2D eigenvalue weighted by Gasteiger charge is 2.61. The molecule has 5 heterocycles. The Bertz CT molecular complexity index is 1860. The van der Waals surface area contributed by atoms with Crippen molar-refractivity contribution in [3.8, 4) is 17.1 Å². The summed E-state index contributed by atoms with van der Waals surface area (Å²) in [6.45, 7) is 9.79. The maximum absolute atomic E-state index is 14.2. The minimum Gasteiger partial charge on any atom is -0.469 e. The summed E-state index contributed by atoms with van der Waals surface area (Å²) in [6.07, 6.45) is 0.688. The van der Waals surface area contributed by atoms with E-state index in [0.717, 1.165) is 33.8 Å². The Hall–Kier alpha value is -4.64. The number of carbonyl (C=O) groups is 2. The molecule has 246 valence electrons. The van der Waals surface area contributed by atoms with Crippen LogP contribution in [-0.4, -0.2) is 51.6 Å². The number of aromatic nitrogens is 3. The minimum absolute atomic E-state index is 0.0919. The van der Waals surface area contributed by atoms with Gasteiger partial charge in [0.25, 0.3) is 5.91 Å². The van der Waals surface area contributed by atoms with Crippen LogP contribution in [0, 0.1) is 12.8 Å². The highest BCUT2D eigenvalue weighted by Crippen LogP contribution is 2.59. The lowest BCUT2D eigenvalue weighted by Gasteiger charge is -2.32. The topological polar surface area (TPSA) is 133 Å². The molecule has 4 aromatic rings. The lowest BCUT2D eigenvalue weighted by molar-refractivity contribution is -0.147. The van der Waals surface area contributed by atoms with E-state index in [4.69, 9.17) is 18.9 Å². The van der Waals surface area contributed by atoms with Crippen molar-refractivity contribution >= 4 is 17.5 Å². The van der Waals surface area contributed by atoms with Crippen LogP contribution in [0.4, 0.5) is 5.69 Å².